The van der Waals surface area contributed by atoms with Crippen molar-refractivity contribution in [2.24, 2.45) is 5.41 Å². The van der Waals surface area contributed by atoms with Gasteiger partial charge in [-0.3, -0.25) is 4.79 Å². The van der Waals surface area contributed by atoms with Gasteiger partial charge in [0, 0.05) is 0 Å². The molecule has 0 aromatic heterocycles. The van der Waals surface area contributed by atoms with Crippen LogP contribution in [0.25, 0.3) is 0 Å². The van der Waals surface area contributed by atoms with Crippen LogP contribution in [0.5, 0.6) is 0 Å². The molecule has 0 aliphatic heterocycles. The van der Waals surface area contributed by atoms with Gasteiger partial charge in [0.25, 0.3) is 0 Å². The third kappa shape index (κ3) is 4.70. The number of anilines is 2. The molecule has 1 aromatic rings. The van der Waals surface area contributed by atoms with Gasteiger partial charge in [0.2, 0.25) is 5.91 Å². The lowest BCUT2D eigenvalue weighted by Gasteiger charge is -2.34. The molecule has 0 unspecified atom stereocenters. The Morgan fingerprint density at radius 2 is 2.10 bits per heavy atom. The molecule has 0 bridgehead atoms. The lowest BCUT2D eigenvalue weighted by molar-refractivity contribution is -0.123. The predicted octanol–water partition coefficient (Wildman–Crippen LogP) is 3.33. The number of amides is 1. The summed E-state index contributed by atoms with van der Waals surface area (Å²) in [6.07, 6.45) is 4.30. The van der Waals surface area contributed by atoms with Crippen molar-refractivity contribution in [1.82, 2.24) is 0 Å². The van der Waals surface area contributed by atoms with E-state index in [2.05, 4.69) is 19.2 Å². The average Bonchev–Trinajstić information content (AvgIpc) is 2.42. The molecule has 116 valence electrons. The summed E-state index contributed by atoms with van der Waals surface area (Å²) < 4.78 is 18.7. The number of benzene rings is 1. The van der Waals surface area contributed by atoms with E-state index in [1.165, 1.54) is 18.2 Å². The maximum Gasteiger partial charge on any atom is 0.250 e. The smallest absolute Gasteiger partial charge is 0.250 e. The van der Waals surface area contributed by atoms with Gasteiger partial charge in [-0.1, -0.05) is 13.8 Å². The second-order valence-electron chi connectivity index (χ2n) is 6.45. The summed E-state index contributed by atoms with van der Waals surface area (Å²) in [5, 5.41) is 2.58. The highest BCUT2D eigenvalue weighted by molar-refractivity contribution is 5.94. The minimum atomic E-state index is -0.435. The topological polar surface area (TPSA) is 64.3 Å². The second kappa shape index (κ2) is 6.43. The maximum absolute atomic E-state index is 13.1. The molecule has 1 aromatic carbocycles. The third-order valence-electron chi connectivity index (χ3n) is 4.03. The summed E-state index contributed by atoms with van der Waals surface area (Å²) in [6.45, 7) is 4.48. The number of halogens is 1. The maximum atomic E-state index is 13.1. The fraction of sp³-hybridized carbons (Fsp3) is 0.562. The minimum Gasteiger partial charge on any atom is -0.397 e. The first-order chi connectivity index (χ1) is 9.85. The Hall–Kier alpha value is -1.62. The lowest BCUT2D eigenvalue weighted by Crippen LogP contribution is -2.29. The zero-order valence-corrected chi connectivity index (χ0v) is 12.6. The van der Waals surface area contributed by atoms with E-state index in [4.69, 9.17) is 10.5 Å². The van der Waals surface area contributed by atoms with E-state index in [1.54, 1.807) is 0 Å². The number of nitrogens with one attached hydrogen (secondary N) is 1. The van der Waals surface area contributed by atoms with Crippen LogP contribution in [0.15, 0.2) is 18.2 Å². The van der Waals surface area contributed by atoms with Gasteiger partial charge in [0.15, 0.2) is 0 Å². The van der Waals surface area contributed by atoms with E-state index in [9.17, 15) is 9.18 Å². The second-order valence-corrected chi connectivity index (χ2v) is 6.45. The van der Waals surface area contributed by atoms with Crippen molar-refractivity contribution >= 4 is 17.3 Å². The molecule has 0 heterocycles. The molecular formula is C16H23FN2O2. The number of nitrogen functional groups attached to an aromatic ring is 1. The average molecular weight is 294 g/mol. The molecule has 3 N–H and O–H groups in total. The first kappa shape index (κ1) is 15.8. The highest BCUT2D eigenvalue weighted by Crippen LogP contribution is 2.36. The summed E-state index contributed by atoms with van der Waals surface area (Å²) in [7, 11) is 0. The lowest BCUT2D eigenvalue weighted by atomic mass is 9.76. The van der Waals surface area contributed by atoms with Crippen molar-refractivity contribution in [2.45, 2.75) is 45.6 Å². The fourth-order valence-electron chi connectivity index (χ4n) is 2.56. The Morgan fingerprint density at radius 3 is 2.76 bits per heavy atom. The fourth-order valence-corrected chi connectivity index (χ4v) is 2.56. The number of carbonyl (C=O) groups is 1. The van der Waals surface area contributed by atoms with Crippen molar-refractivity contribution in [3.63, 3.8) is 0 Å². The first-order valence-corrected chi connectivity index (χ1v) is 7.32. The van der Waals surface area contributed by atoms with Gasteiger partial charge < -0.3 is 15.8 Å². The van der Waals surface area contributed by atoms with E-state index < -0.39 is 5.82 Å². The van der Waals surface area contributed by atoms with Crippen LogP contribution < -0.4 is 11.1 Å². The Labute approximate surface area is 124 Å². The van der Waals surface area contributed by atoms with Crippen LogP contribution in [0.2, 0.25) is 0 Å². The molecule has 0 spiro atoms. The van der Waals surface area contributed by atoms with Gasteiger partial charge in [-0.25, -0.2) is 4.39 Å². The van der Waals surface area contributed by atoms with Crippen LogP contribution in [0, 0.1) is 11.2 Å². The molecule has 0 atom stereocenters. The van der Waals surface area contributed by atoms with Crippen LogP contribution in [0.4, 0.5) is 15.8 Å². The normalized spacial score (nSPS) is 18.4. The zero-order valence-electron chi connectivity index (χ0n) is 12.6. The van der Waals surface area contributed by atoms with Gasteiger partial charge in [-0.2, -0.15) is 0 Å². The number of ether oxygens (including phenoxy) is 1. The summed E-state index contributed by atoms with van der Waals surface area (Å²) in [6, 6.07) is 3.89. The highest BCUT2D eigenvalue weighted by Gasteiger charge is 2.27. The molecular weight excluding hydrogens is 271 g/mol. The molecule has 0 saturated heterocycles. The molecule has 21 heavy (non-hydrogen) atoms. The molecule has 1 saturated carbocycles. The third-order valence-corrected chi connectivity index (χ3v) is 4.03. The quantitative estimate of drug-likeness (QED) is 0.837. The molecule has 1 amide bonds. The standard InChI is InChI=1S/C16H23FN2O2/c1-16(2)7-5-12(6-8-16)21-10-15(20)19-14-9-11(17)3-4-13(14)18/h3-4,9,12H,5-8,10,18H2,1-2H3,(H,19,20). The number of rotatable bonds is 4. The van der Waals surface area contributed by atoms with E-state index >= 15 is 0 Å². The van der Waals surface area contributed by atoms with Crippen LogP contribution in [0.3, 0.4) is 0 Å². The SMILES string of the molecule is CC1(C)CCC(OCC(=O)Nc2cc(F)ccc2N)CC1. The summed E-state index contributed by atoms with van der Waals surface area (Å²) in [4.78, 5) is 11.8. The Bertz CT molecular complexity index is 507. The first-order valence-electron chi connectivity index (χ1n) is 7.32. The summed E-state index contributed by atoms with van der Waals surface area (Å²) >= 11 is 0. The van der Waals surface area contributed by atoms with Crippen molar-refractivity contribution < 1.29 is 13.9 Å². The van der Waals surface area contributed by atoms with E-state index in [0.717, 1.165) is 25.7 Å². The largest absolute Gasteiger partial charge is 0.397 e. The zero-order chi connectivity index (χ0) is 15.5. The molecule has 0 radical (unpaired) electrons. The number of hydrogen-bond donors (Lipinski definition) is 2. The minimum absolute atomic E-state index is 0.0267. The molecule has 2 rings (SSSR count). The Kier molecular flexibility index (Phi) is 4.83. The van der Waals surface area contributed by atoms with E-state index in [1.807, 2.05) is 0 Å². The van der Waals surface area contributed by atoms with Gasteiger partial charge in [0.1, 0.15) is 12.4 Å². The Morgan fingerprint density at radius 1 is 1.43 bits per heavy atom. The van der Waals surface area contributed by atoms with Gasteiger partial charge in [0.05, 0.1) is 17.5 Å². The van der Waals surface area contributed by atoms with Crippen molar-refractivity contribution in [2.75, 3.05) is 17.7 Å². The van der Waals surface area contributed by atoms with Crippen molar-refractivity contribution in [3.05, 3.63) is 24.0 Å². The summed E-state index contributed by atoms with van der Waals surface area (Å²) in [5.41, 5.74) is 6.68. The van der Waals surface area contributed by atoms with E-state index in [-0.39, 0.29) is 24.3 Å². The van der Waals surface area contributed by atoms with Gasteiger partial charge in [-0.05, 0) is 49.3 Å². The predicted molar refractivity (Wildman–Crippen MR) is 81.4 cm³/mol. The number of carbonyl (C=O) groups excluding carboxylic acids is 1. The van der Waals surface area contributed by atoms with E-state index in [0.29, 0.717) is 11.1 Å². The molecule has 1 aliphatic carbocycles. The van der Waals surface area contributed by atoms with Crippen LogP contribution in [-0.2, 0) is 9.53 Å². The molecule has 1 fully saturated rings. The van der Waals surface area contributed by atoms with Gasteiger partial charge >= 0.3 is 0 Å². The van der Waals surface area contributed by atoms with Crippen LogP contribution in [-0.4, -0.2) is 18.6 Å². The Balaban J connectivity index is 1.79. The monoisotopic (exact) mass is 294 g/mol. The highest BCUT2D eigenvalue weighted by atomic mass is 19.1. The molecule has 1 aliphatic rings. The number of hydrogen-bond acceptors (Lipinski definition) is 3. The van der Waals surface area contributed by atoms with Crippen LogP contribution in [0.1, 0.15) is 39.5 Å². The van der Waals surface area contributed by atoms with Crippen molar-refractivity contribution in [1.29, 1.82) is 0 Å². The molecule has 4 nitrogen and oxygen atoms in total. The number of nitrogens with two attached hydrogens (primary N) is 1. The molecule has 5 heteroatoms. The van der Waals surface area contributed by atoms with Gasteiger partial charge in [-0.15, -0.1) is 0 Å². The van der Waals surface area contributed by atoms with Crippen LogP contribution >= 0.6 is 0 Å². The van der Waals surface area contributed by atoms with Crippen molar-refractivity contribution in [3.8, 4) is 0 Å². The summed E-state index contributed by atoms with van der Waals surface area (Å²) in [5.74, 6) is -0.743.